The van der Waals surface area contributed by atoms with Gasteiger partial charge in [-0.25, -0.2) is 0 Å². The van der Waals surface area contributed by atoms with Crippen molar-refractivity contribution < 1.29 is 4.74 Å². The van der Waals surface area contributed by atoms with Crippen molar-refractivity contribution in [2.45, 2.75) is 13.0 Å². The number of thiophene rings is 1. The topological polar surface area (TPSA) is 21.3 Å². The number of likely N-dealkylation sites (N-methyl/N-ethyl adjacent to an activating group) is 1. The number of ether oxygens (including phenoxy) is 1. The lowest BCUT2D eigenvalue weighted by atomic mass is 10.2. The van der Waals surface area contributed by atoms with Crippen LogP contribution in [0.5, 0.6) is 5.75 Å². The molecule has 0 bridgehead atoms. The molecule has 0 saturated heterocycles. The first-order valence-electron chi connectivity index (χ1n) is 5.95. The van der Waals surface area contributed by atoms with Gasteiger partial charge in [-0.3, -0.25) is 0 Å². The van der Waals surface area contributed by atoms with Crippen LogP contribution in [0.3, 0.4) is 0 Å². The van der Waals surface area contributed by atoms with E-state index in [4.69, 9.17) is 16.3 Å². The highest BCUT2D eigenvalue weighted by atomic mass is 35.5. The second-order valence-electron chi connectivity index (χ2n) is 3.87. The Balaban J connectivity index is 2.01. The minimum Gasteiger partial charge on any atom is -0.492 e. The third kappa shape index (κ3) is 3.48. The van der Waals surface area contributed by atoms with Gasteiger partial charge in [-0.1, -0.05) is 36.7 Å². The summed E-state index contributed by atoms with van der Waals surface area (Å²) < 4.78 is 5.79. The Morgan fingerprint density at radius 2 is 2.06 bits per heavy atom. The van der Waals surface area contributed by atoms with Crippen molar-refractivity contribution in [3.63, 3.8) is 0 Å². The van der Waals surface area contributed by atoms with Crippen LogP contribution in [0.15, 0.2) is 41.8 Å². The van der Waals surface area contributed by atoms with Crippen molar-refractivity contribution in [1.29, 1.82) is 0 Å². The van der Waals surface area contributed by atoms with Gasteiger partial charge in [0.15, 0.2) is 0 Å². The average molecular weight is 282 g/mol. The zero-order chi connectivity index (χ0) is 12.8. The highest BCUT2D eigenvalue weighted by Crippen LogP contribution is 2.29. The van der Waals surface area contributed by atoms with Crippen LogP contribution in [0.4, 0.5) is 0 Å². The van der Waals surface area contributed by atoms with Gasteiger partial charge >= 0.3 is 0 Å². The average Bonchev–Trinajstić information content (AvgIpc) is 2.82. The SMILES string of the molecule is CCNC(COc1ccccc1)c1sccc1Cl. The van der Waals surface area contributed by atoms with Gasteiger partial charge in [0.1, 0.15) is 12.4 Å². The zero-order valence-corrected chi connectivity index (χ0v) is 11.8. The summed E-state index contributed by atoms with van der Waals surface area (Å²) in [5.74, 6) is 0.882. The van der Waals surface area contributed by atoms with Crippen molar-refractivity contribution >= 4 is 22.9 Å². The number of hydrogen-bond donors (Lipinski definition) is 1. The molecule has 0 radical (unpaired) electrons. The molecule has 96 valence electrons. The second kappa shape index (κ2) is 6.78. The van der Waals surface area contributed by atoms with Crippen LogP contribution in [-0.4, -0.2) is 13.2 Å². The van der Waals surface area contributed by atoms with Gasteiger partial charge in [0, 0.05) is 4.88 Å². The first kappa shape index (κ1) is 13.4. The van der Waals surface area contributed by atoms with E-state index in [0.29, 0.717) is 6.61 Å². The summed E-state index contributed by atoms with van der Waals surface area (Å²) >= 11 is 7.83. The van der Waals surface area contributed by atoms with Gasteiger partial charge in [-0.05, 0) is 30.1 Å². The van der Waals surface area contributed by atoms with Gasteiger partial charge in [0.25, 0.3) is 0 Å². The molecule has 2 aromatic rings. The molecule has 1 heterocycles. The first-order chi connectivity index (χ1) is 8.81. The highest BCUT2D eigenvalue weighted by molar-refractivity contribution is 7.10. The highest BCUT2D eigenvalue weighted by Gasteiger charge is 2.15. The van der Waals surface area contributed by atoms with Gasteiger partial charge in [0.2, 0.25) is 0 Å². The number of rotatable bonds is 6. The van der Waals surface area contributed by atoms with Crippen molar-refractivity contribution in [3.8, 4) is 5.75 Å². The Bertz CT molecular complexity index is 472. The van der Waals surface area contributed by atoms with Crippen molar-refractivity contribution in [3.05, 3.63) is 51.7 Å². The predicted octanol–water partition coefficient (Wildman–Crippen LogP) is 4.13. The molecule has 0 aliphatic heterocycles. The monoisotopic (exact) mass is 281 g/mol. The lowest BCUT2D eigenvalue weighted by Gasteiger charge is -2.17. The van der Waals surface area contributed by atoms with E-state index >= 15 is 0 Å². The summed E-state index contributed by atoms with van der Waals surface area (Å²) in [5.41, 5.74) is 0. The summed E-state index contributed by atoms with van der Waals surface area (Å²) in [7, 11) is 0. The summed E-state index contributed by atoms with van der Waals surface area (Å²) in [4.78, 5) is 1.13. The summed E-state index contributed by atoms with van der Waals surface area (Å²) in [6, 6.07) is 11.9. The van der Waals surface area contributed by atoms with Crippen LogP contribution in [0.2, 0.25) is 5.02 Å². The molecular weight excluding hydrogens is 266 g/mol. The molecule has 0 aliphatic rings. The van der Waals surface area contributed by atoms with E-state index in [1.807, 2.05) is 41.8 Å². The fourth-order valence-electron chi connectivity index (χ4n) is 1.72. The number of hydrogen-bond acceptors (Lipinski definition) is 3. The lowest BCUT2D eigenvalue weighted by Crippen LogP contribution is -2.26. The molecule has 1 atom stereocenters. The zero-order valence-electron chi connectivity index (χ0n) is 10.2. The largest absolute Gasteiger partial charge is 0.492 e. The maximum atomic E-state index is 6.17. The third-order valence-electron chi connectivity index (χ3n) is 2.57. The molecular formula is C14H16ClNOS. The molecule has 2 rings (SSSR count). The standard InChI is InChI=1S/C14H16ClNOS/c1-2-16-13(14-12(15)8-9-18-14)10-17-11-6-4-3-5-7-11/h3-9,13,16H,2,10H2,1H3. The summed E-state index contributed by atoms with van der Waals surface area (Å²) in [5, 5.41) is 6.21. The van der Waals surface area contributed by atoms with E-state index in [1.165, 1.54) is 0 Å². The van der Waals surface area contributed by atoms with E-state index in [9.17, 15) is 0 Å². The molecule has 1 aromatic heterocycles. The molecule has 0 fully saturated rings. The normalized spacial score (nSPS) is 12.3. The van der Waals surface area contributed by atoms with Crippen LogP contribution < -0.4 is 10.1 Å². The summed E-state index contributed by atoms with van der Waals surface area (Å²) in [6.07, 6.45) is 0. The number of para-hydroxylation sites is 1. The van der Waals surface area contributed by atoms with E-state index in [-0.39, 0.29) is 6.04 Å². The fourth-order valence-corrected chi connectivity index (χ4v) is 2.97. The van der Waals surface area contributed by atoms with Crippen LogP contribution in [-0.2, 0) is 0 Å². The quantitative estimate of drug-likeness (QED) is 0.859. The van der Waals surface area contributed by atoms with E-state index in [0.717, 1.165) is 22.2 Å². The molecule has 18 heavy (non-hydrogen) atoms. The van der Waals surface area contributed by atoms with E-state index in [1.54, 1.807) is 11.3 Å². The van der Waals surface area contributed by atoms with Crippen LogP contribution in [0, 0.1) is 0 Å². The second-order valence-corrected chi connectivity index (χ2v) is 5.22. The smallest absolute Gasteiger partial charge is 0.119 e. The third-order valence-corrected chi connectivity index (χ3v) is 4.04. The Kier molecular flexibility index (Phi) is 5.05. The molecule has 0 saturated carbocycles. The maximum absolute atomic E-state index is 6.17. The number of nitrogens with one attached hydrogen (secondary N) is 1. The summed E-state index contributed by atoms with van der Waals surface area (Å²) in [6.45, 7) is 3.55. The fraction of sp³-hybridized carbons (Fsp3) is 0.286. The molecule has 1 aromatic carbocycles. The molecule has 4 heteroatoms. The number of benzene rings is 1. The van der Waals surface area contributed by atoms with Crippen molar-refractivity contribution in [1.82, 2.24) is 5.32 Å². The van der Waals surface area contributed by atoms with E-state index < -0.39 is 0 Å². The molecule has 1 unspecified atom stereocenters. The van der Waals surface area contributed by atoms with Crippen molar-refractivity contribution in [2.24, 2.45) is 0 Å². The number of halogens is 1. The van der Waals surface area contributed by atoms with Gasteiger partial charge in [-0.15, -0.1) is 11.3 Å². The Morgan fingerprint density at radius 3 is 2.67 bits per heavy atom. The van der Waals surface area contributed by atoms with Gasteiger partial charge in [-0.2, -0.15) is 0 Å². The van der Waals surface area contributed by atoms with Gasteiger partial charge < -0.3 is 10.1 Å². The van der Waals surface area contributed by atoms with Crippen LogP contribution in [0.25, 0.3) is 0 Å². The van der Waals surface area contributed by atoms with Crippen molar-refractivity contribution in [2.75, 3.05) is 13.2 Å². The minimum atomic E-state index is 0.141. The van der Waals surface area contributed by atoms with Crippen LogP contribution in [0.1, 0.15) is 17.8 Å². The molecule has 2 nitrogen and oxygen atoms in total. The first-order valence-corrected chi connectivity index (χ1v) is 7.21. The van der Waals surface area contributed by atoms with Gasteiger partial charge in [0.05, 0.1) is 11.1 Å². The Labute approximate surface area is 117 Å². The van der Waals surface area contributed by atoms with Crippen LogP contribution >= 0.6 is 22.9 Å². The predicted molar refractivity (Wildman–Crippen MR) is 77.7 cm³/mol. The molecule has 0 aliphatic carbocycles. The Hall–Kier alpha value is -1.03. The molecule has 0 amide bonds. The van der Waals surface area contributed by atoms with E-state index in [2.05, 4.69) is 12.2 Å². The lowest BCUT2D eigenvalue weighted by molar-refractivity contribution is 0.270. The molecule has 0 spiro atoms. The Morgan fingerprint density at radius 1 is 1.28 bits per heavy atom. The molecule has 1 N–H and O–H groups in total. The minimum absolute atomic E-state index is 0.141. The maximum Gasteiger partial charge on any atom is 0.119 e.